The number of allylic oxidation sites excluding steroid dienone is 3. The van der Waals surface area contributed by atoms with E-state index in [1.165, 1.54) is 97.8 Å². The van der Waals surface area contributed by atoms with Gasteiger partial charge in [-0.3, -0.25) is 53.3 Å². The number of hydrogen-bond donors (Lipinski definition) is 17. The summed E-state index contributed by atoms with van der Waals surface area (Å²) in [7, 11) is 10.2. The van der Waals surface area contributed by atoms with Gasteiger partial charge < -0.3 is 118 Å². The molecule has 3 fully saturated rings. The number of anilines is 1. The van der Waals surface area contributed by atoms with Gasteiger partial charge in [-0.25, -0.2) is 14.4 Å². The average Bonchev–Trinajstić information content (AvgIpc) is 1.57. The van der Waals surface area contributed by atoms with Crippen LogP contribution in [0.5, 0.6) is 11.5 Å². The van der Waals surface area contributed by atoms with E-state index in [9.17, 15) is 83.1 Å². The number of carbonyl (C=O) groups is 13. The molecule has 19 N–H and O–H groups in total. The van der Waals surface area contributed by atoms with Gasteiger partial charge in [0.15, 0.2) is 11.8 Å². The van der Waals surface area contributed by atoms with E-state index in [1.807, 2.05) is 13.0 Å². The maximum absolute atomic E-state index is 15.0. The van der Waals surface area contributed by atoms with E-state index < -0.39 is 192 Å². The Balaban J connectivity index is 0.879. The van der Waals surface area contributed by atoms with Crippen molar-refractivity contribution in [2.75, 3.05) is 69.3 Å². The number of ether oxygens (including phenoxy) is 5. The second-order valence-electron chi connectivity index (χ2n) is 31.9. The molecule has 0 unspecified atom stereocenters. The Morgan fingerprint density at radius 1 is 0.841 bits per heavy atom. The molecule has 5 heterocycles. The summed E-state index contributed by atoms with van der Waals surface area (Å²) in [6.45, 7) is 9.44. The number of alkyl carbamates (subject to hydrolysis) is 1. The molecule has 8 rings (SSSR count). The number of halogens is 1. The standard InChI is InChI=1S/C84H117ClN14O23S4/c1-44-18-17-23-64(119-10)84(117)40-63(120-82(116)97-84)45(2)72-83(6,122-72)65(39-68(105)99(8)61-36-50(34-44)37-62(118-9)69(61)85)121-81(115)46(3)98(7)67(104)29-33-124-123-32-28-66(103)88-31-16-14-20-54(87)73(106)93-59-42-125-126-43-60(78(111)96-71(48(5)101)80(113)114)94-79(112)70(47(4)100)95-74(107)56(22-13-15-30-86)90-76(109)58(38-51-41-89-55-21-12-11-19-53(51)55)92-75(108)57(91-77(59)110)35-49-24-26-52(102)27-25-49/h11-12,17-19,21,23-27,36-37,41,45-48,54,56-60,63-65,70-72,89,100-102,117H,13-16,20,22,28-35,38-40,42-43,86-87H2,1-10H3,(H,88,103)(H,90,109)(H,91,110)(H,92,108)(H,93,106)(H,94,112)(H,95,107)(H,96,111)(H,97,116)(H,113,114)/b23-17+,44-18+/t45-,46+,47-,48-,54-,56+,57+,58-,59+,60+,63+,64-,65+,70+,71+,72+,83+,84+/m1/s1. The highest BCUT2D eigenvalue weighted by atomic mass is 35.5. The largest absolute Gasteiger partial charge is 0.508 e. The van der Waals surface area contributed by atoms with E-state index in [1.54, 1.807) is 68.6 Å². The number of para-hydroxylation sites is 1. The number of esters is 1. The highest BCUT2D eigenvalue weighted by Crippen LogP contribution is 2.49. The van der Waals surface area contributed by atoms with Gasteiger partial charge in [0.25, 0.3) is 0 Å². The Kier molecular flexibility index (Phi) is 39.0. The van der Waals surface area contributed by atoms with Crippen LogP contribution in [0.2, 0.25) is 5.02 Å². The molecule has 1 aromatic heterocycles. The number of carbonyl (C=O) groups excluding carboxylic acids is 12. The fourth-order valence-electron chi connectivity index (χ4n) is 14.5. The number of phenols is 1. The molecule has 4 aromatic rings. The van der Waals surface area contributed by atoms with Crippen LogP contribution in [0.1, 0.15) is 122 Å². The zero-order valence-corrected chi connectivity index (χ0v) is 75.9. The van der Waals surface area contributed by atoms with Gasteiger partial charge in [0.1, 0.15) is 82.7 Å². The zero-order valence-electron chi connectivity index (χ0n) is 71.9. The van der Waals surface area contributed by atoms with E-state index in [4.69, 9.17) is 46.8 Å². The van der Waals surface area contributed by atoms with Gasteiger partial charge in [-0.05, 0) is 133 Å². The van der Waals surface area contributed by atoms with Crippen LogP contribution in [0.3, 0.4) is 0 Å². The van der Waals surface area contributed by atoms with E-state index >= 15 is 4.79 Å². The van der Waals surface area contributed by atoms with Gasteiger partial charge in [-0.1, -0.05) is 116 Å². The number of aliphatic hydroxyl groups excluding tert-OH is 2. The lowest BCUT2D eigenvalue weighted by Crippen LogP contribution is -2.63. The molecular weight excluding hydrogens is 1740 g/mol. The number of fused-ring (bicyclic) bond motifs is 6. The Morgan fingerprint density at radius 3 is 2.18 bits per heavy atom. The number of aliphatic carboxylic acids is 1. The number of benzene rings is 3. The fourth-order valence-corrected chi connectivity index (χ4v) is 19.1. The van der Waals surface area contributed by atoms with Crippen molar-refractivity contribution >= 4 is 148 Å². The number of aromatic amines is 1. The molecule has 0 saturated carbocycles. The van der Waals surface area contributed by atoms with Crippen LogP contribution in [0.4, 0.5) is 10.5 Å². The molecule has 3 aromatic carbocycles. The molecule has 11 amide bonds. The number of nitrogens with two attached hydrogens (primary N) is 2. The molecule has 3 saturated heterocycles. The quantitative estimate of drug-likeness (QED) is 0.0145. The van der Waals surface area contributed by atoms with Crippen LogP contribution in [0, 0.1) is 5.92 Å². The predicted octanol–water partition coefficient (Wildman–Crippen LogP) is 2.73. The van der Waals surface area contributed by atoms with Gasteiger partial charge in [0.05, 0.1) is 43.6 Å². The van der Waals surface area contributed by atoms with E-state index in [0.717, 1.165) is 39.6 Å². The maximum atomic E-state index is 15.0. The number of H-pyrrole nitrogens is 1. The van der Waals surface area contributed by atoms with Gasteiger partial charge >= 0.3 is 18.0 Å². The van der Waals surface area contributed by atoms with Crippen molar-refractivity contribution in [2.45, 2.75) is 227 Å². The molecule has 692 valence electrons. The first-order valence-corrected chi connectivity index (χ1v) is 46.8. The fraction of sp³-hybridized carbons (Fsp3) is 0.560. The van der Waals surface area contributed by atoms with Crippen molar-refractivity contribution in [2.24, 2.45) is 17.4 Å². The molecule has 37 nitrogen and oxygen atoms in total. The van der Waals surface area contributed by atoms with Crippen molar-refractivity contribution < 1.29 is 112 Å². The maximum Gasteiger partial charge on any atom is 0.409 e. The third-order valence-corrected chi connectivity index (χ3v) is 27.5. The highest BCUT2D eigenvalue weighted by molar-refractivity contribution is 8.77. The Morgan fingerprint density at radius 2 is 1.51 bits per heavy atom. The zero-order chi connectivity index (χ0) is 92.4. The summed E-state index contributed by atoms with van der Waals surface area (Å²) >= 11 is 6.87. The summed E-state index contributed by atoms with van der Waals surface area (Å²) in [5.41, 5.74) is 12.6. The topological polar surface area (TPSA) is 555 Å². The van der Waals surface area contributed by atoms with Crippen molar-refractivity contribution in [1.82, 2.24) is 57.7 Å². The van der Waals surface area contributed by atoms with Crippen molar-refractivity contribution in [3.8, 4) is 11.5 Å². The molecule has 0 radical (unpaired) electrons. The number of carboxylic acid groups (broad SMARTS) is 1. The summed E-state index contributed by atoms with van der Waals surface area (Å²) in [5.74, 6) is -11.0. The first kappa shape index (κ1) is 102. The third-order valence-electron chi connectivity index (χ3n) is 22.3. The van der Waals surface area contributed by atoms with Crippen LogP contribution in [-0.4, -0.2) is 279 Å². The summed E-state index contributed by atoms with van der Waals surface area (Å²) in [4.78, 5) is 188. The molecular formula is C84H117ClN14O23S4. The van der Waals surface area contributed by atoms with Crippen LogP contribution in [-0.2, 0) is 95.7 Å². The number of methoxy groups -OCH3 is 2. The summed E-state index contributed by atoms with van der Waals surface area (Å²) in [6.07, 6.45) is -0.730. The van der Waals surface area contributed by atoms with E-state index in [-0.39, 0.29) is 86.9 Å². The molecule has 4 aliphatic heterocycles. The average molecular weight is 1850 g/mol. The van der Waals surface area contributed by atoms with E-state index in [2.05, 4.69) is 52.8 Å². The third kappa shape index (κ3) is 28.8. The highest BCUT2D eigenvalue weighted by Gasteiger charge is 2.65. The number of carboxylic acids is 1. The predicted molar refractivity (Wildman–Crippen MR) is 476 cm³/mol. The summed E-state index contributed by atoms with van der Waals surface area (Å²) in [6, 6.07) is 2.55. The Hall–Kier alpha value is -9.40. The van der Waals surface area contributed by atoms with Crippen LogP contribution < -0.4 is 69.0 Å². The Bertz CT molecular complexity index is 4570. The molecule has 0 aliphatic carbocycles. The number of hydrogen-bond acceptors (Lipinski definition) is 28. The second kappa shape index (κ2) is 48.1. The number of rotatable bonds is 32. The summed E-state index contributed by atoms with van der Waals surface area (Å²) in [5, 5.41) is 77.7. The molecule has 4 aliphatic rings. The number of epoxide rings is 1. The van der Waals surface area contributed by atoms with Crippen LogP contribution in [0.25, 0.3) is 10.9 Å². The SMILES string of the molecule is COc1cc2cc(c1Cl)N(C)C(=O)C[C@H](OC(=O)[C@H](C)N(C)C(=O)CCSSCCC(=O)NCCCC[C@@H](N)C(=O)N[C@H]1CSSC[C@@H](C(=O)N[C@H](C(=O)O)[C@@H](C)O)NC(=O)[C@H]([C@@H](C)O)NC(=O)[C@H](CCCCN)NC(=O)[C@@H](Cc3c[nH]c4ccccc34)NC(=O)[C@H](Cc3ccc(O)cc3)NC1=O)[C@]1(C)O[C@H]1[C@H](C)[C@@H]1C[C@@](O)(NC(=O)O1)[C@H](OC)/C=C/C=C(\C)C2. The number of aliphatic hydroxyl groups is 3. The van der Waals surface area contributed by atoms with Gasteiger partial charge in [-0.15, -0.1) is 0 Å². The summed E-state index contributed by atoms with van der Waals surface area (Å²) < 4.78 is 29.6. The van der Waals surface area contributed by atoms with Gasteiger partial charge in [0.2, 0.25) is 59.1 Å². The molecule has 0 spiro atoms. The molecule has 4 bridgehead atoms. The number of aromatic nitrogens is 1. The van der Waals surface area contributed by atoms with E-state index in [0.29, 0.717) is 70.7 Å². The second-order valence-corrected chi connectivity index (χ2v) is 37.5. The lowest BCUT2D eigenvalue weighted by atomic mass is 9.83. The number of likely N-dealkylation sites (N-methyl/N-ethyl adjacent to an activating group) is 1. The lowest BCUT2D eigenvalue weighted by molar-refractivity contribution is -0.162. The van der Waals surface area contributed by atoms with Crippen molar-refractivity contribution in [3.05, 3.63) is 112 Å². The number of phenolic OH excluding ortho intramolecular Hbond substituents is 1. The van der Waals surface area contributed by atoms with Gasteiger partial charge in [-0.2, -0.15) is 0 Å². The number of nitrogens with one attached hydrogen (secondary N) is 10. The number of unbranched alkanes of at least 4 members (excludes halogenated alkanes) is 2. The molecule has 18 atom stereocenters. The smallest absolute Gasteiger partial charge is 0.409 e. The van der Waals surface area contributed by atoms with Crippen LogP contribution >= 0.6 is 54.8 Å². The molecule has 42 heteroatoms. The Labute approximate surface area is 751 Å². The first-order valence-electron chi connectivity index (χ1n) is 41.4. The molecule has 126 heavy (non-hydrogen) atoms. The van der Waals surface area contributed by atoms with Crippen LogP contribution in [0.15, 0.2) is 90.7 Å². The van der Waals surface area contributed by atoms with Crippen molar-refractivity contribution in [1.29, 1.82) is 0 Å². The van der Waals surface area contributed by atoms with Gasteiger partial charge in [0, 0.05) is 106 Å². The normalized spacial score (nSPS) is 26.3. The van der Waals surface area contributed by atoms with Crippen molar-refractivity contribution in [3.63, 3.8) is 0 Å². The number of amides is 11. The number of aromatic hydroxyl groups is 1. The minimum absolute atomic E-state index is 0.0144. The lowest BCUT2D eigenvalue weighted by Gasteiger charge is -2.42. The first-order chi connectivity index (χ1) is 59.8. The number of nitrogens with zero attached hydrogens (tertiary/aromatic N) is 2. The minimum atomic E-state index is -1.92. The minimum Gasteiger partial charge on any atom is -0.508 e. The monoisotopic (exact) mass is 1850 g/mol.